The van der Waals surface area contributed by atoms with E-state index in [1.54, 1.807) is 24.3 Å². The normalized spacial score (nSPS) is 11.0. The standard InChI is InChI=1S/C7H6N2.CHF3O3S/c8-5-6-1-3-7(9)4-2-6;2-1(3,4)8(5,6)7/h1-4H,9H2;(H,5,6,7). The molecule has 0 atom stereocenters. The minimum Gasteiger partial charge on any atom is -0.399 e. The molecule has 1 aromatic carbocycles. The van der Waals surface area contributed by atoms with Crippen LogP contribution in [0.25, 0.3) is 0 Å². The number of nitrogens with zero attached hydrogens (tertiary/aromatic N) is 1. The summed E-state index contributed by atoms with van der Waals surface area (Å²) in [5, 5.41) is 8.34. The number of hydrogen-bond donors (Lipinski definition) is 2. The van der Waals surface area contributed by atoms with Gasteiger partial charge in [0.15, 0.2) is 0 Å². The number of rotatable bonds is 0. The minimum atomic E-state index is -5.84. The first-order chi connectivity index (χ1) is 7.58. The summed E-state index contributed by atoms with van der Waals surface area (Å²) in [5.41, 5.74) is 1.17. The molecule has 0 heterocycles. The molecule has 0 aliphatic rings. The molecule has 3 N–H and O–H groups in total. The summed E-state index contributed by atoms with van der Waals surface area (Å²) in [6.45, 7) is 0. The Labute approximate surface area is 95.0 Å². The molecule has 0 unspecified atom stereocenters. The van der Waals surface area contributed by atoms with Gasteiger partial charge in [-0.05, 0) is 24.3 Å². The predicted molar refractivity (Wildman–Crippen MR) is 53.2 cm³/mol. The van der Waals surface area contributed by atoms with Crippen LogP contribution in [0.2, 0.25) is 0 Å². The van der Waals surface area contributed by atoms with Gasteiger partial charge in [-0.25, -0.2) is 0 Å². The highest BCUT2D eigenvalue weighted by molar-refractivity contribution is 7.86. The fourth-order valence-electron chi connectivity index (χ4n) is 0.558. The van der Waals surface area contributed by atoms with E-state index >= 15 is 0 Å². The van der Waals surface area contributed by atoms with Crippen molar-refractivity contribution in [3.63, 3.8) is 0 Å². The van der Waals surface area contributed by atoms with Crippen molar-refractivity contribution >= 4 is 15.8 Å². The third-order valence-electron chi connectivity index (χ3n) is 1.33. The second-order valence-corrected chi connectivity index (χ2v) is 4.07. The number of nitriles is 1. The highest BCUT2D eigenvalue weighted by Crippen LogP contribution is 2.20. The topological polar surface area (TPSA) is 104 Å². The molecule has 0 amide bonds. The van der Waals surface area contributed by atoms with Crippen molar-refractivity contribution in [1.29, 1.82) is 5.26 Å². The number of hydrogen-bond acceptors (Lipinski definition) is 4. The molecule has 17 heavy (non-hydrogen) atoms. The second kappa shape index (κ2) is 5.51. The van der Waals surface area contributed by atoms with E-state index in [0.29, 0.717) is 11.3 Å². The zero-order valence-electron chi connectivity index (χ0n) is 8.14. The van der Waals surface area contributed by atoms with Crippen LogP contribution in [-0.4, -0.2) is 18.5 Å². The van der Waals surface area contributed by atoms with Crippen molar-refractivity contribution in [3.8, 4) is 6.07 Å². The Morgan fingerprint density at radius 1 is 1.24 bits per heavy atom. The van der Waals surface area contributed by atoms with Crippen molar-refractivity contribution in [1.82, 2.24) is 0 Å². The first-order valence-electron chi connectivity index (χ1n) is 3.87. The van der Waals surface area contributed by atoms with Crippen LogP contribution in [0.3, 0.4) is 0 Å². The number of alkyl halides is 3. The van der Waals surface area contributed by atoms with Crippen LogP contribution in [0.1, 0.15) is 5.56 Å². The van der Waals surface area contributed by atoms with Gasteiger partial charge in [0.1, 0.15) is 0 Å². The lowest BCUT2D eigenvalue weighted by atomic mass is 10.2. The van der Waals surface area contributed by atoms with E-state index in [4.69, 9.17) is 24.0 Å². The van der Waals surface area contributed by atoms with Crippen molar-refractivity contribution in [2.24, 2.45) is 0 Å². The molecule has 5 nitrogen and oxygen atoms in total. The van der Waals surface area contributed by atoms with Crippen LogP contribution in [0.15, 0.2) is 24.3 Å². The first-order valence-corrected chi connectivity index (χ1v) is 5.31. The molecule has 94 valence electrons. The largest absolute Gasteiger partial charge is 0.522 e. The monoisotopic (exact) mass is 268 g/mol. The molecule has 0 saturated heterocycles. The van der Waals surface area contributed by atoms with E-state index in [0.717, 1.165) is 0 Å². The molecule has 0 saturated carbocycles. The molecule has 1 aromatic rings. The average Bonchev–Trinajstić information content (AvgIpc) is 2.17. The van der Waals surface area contributed by atoms with Crippen molar-refractivity contribution in [3.05, 3.63) is 29.8 Å². The molecular formula is C8H7F3N2O3S. The fraction of sp³-hybridized carbons (Fsp3) is 0.125. The zero-order valence-corrected chi connectivity index (χ0v) is 8.96. The Morgan fingerprint density at radius 3 is 1.82 bits per heavy atom. The van der Waals surface area contributed by atoms with E-state index in [1.807, 2.05) is 6.07 Å². The Bertz CT molecular complexity index is 502. The first kappa shape index (κ1) is 15.2. The van der Waals surface area contributed by atoms with Gasteiger partial charge in [0.05, 0.1) is 11.6 Å². The van der Waals surface area contributed by atoms with Crippen molar-refractivity contribution in [2.45, 2.75) is 5.51 Å². The molecule has 0 aromatic heterocycles. The zero-order chi connectivity index (χ0) is 13.7. The summed E-state index contributed by atoms with van der Waals surface area (Å²) in [4.78, 5) is 0. The Balaban J connectivity index is 0.000000304. The number of nitrogens with two attached hydrogens (primary N) is 1. The van der Waals surface area contributed by atoms with Gasteiger partial charge >= 0.3 is 15.6 Å². The molecule has 0 aliphatic carbocycles. The van der Waals surface area contributed by atoms with E-state index in [-0.39, 0.29) is 0 Å². The van der Waals surface area contributed by atoms with Gasteiger partial charge in [-0.3, -0.25) is 4.55 Å². The van der Waals surface area contributed by atoms with Gasteiger partial charge in [0, 0.05) is 5.69 Å². The number of halogens is 3. The Morgan fingerprint density at radius 2 is 1.59 bits per heavy atom. The lowest BCUT2D eigenvalue weighted by Crippen LogP contribution is -2.21. The maximum Gasteiger partial charge on any atom is 0.522 e. The summed E-state index contributed by atoms with van der Waals surface area (Å²) in [7, 11) is -5.84. The third kappa shape index (κ3) is 5.74. The summed E-state index contributed by atoms with van der Waals surface area (Å²) in [6.07, 6.45) is 0. The lowest BCUT2D eigenvalue weighted by Gasteiger charge is -1.97. The lowest BCUT2D eigenvalue weighted by molar-refractivity contribution is -0.0510. The predicted octanol–water partition coefficient (Wildman–Crippen LogP) is 1.53. The Hall–Kier alpha value is -1.79. The second-order valence-electron chi connectivity index (χ2n) is 2.65. The molecule has 0 spiro atoms. The highest BCUT2D eigenvalue weighted by atomic mass is 32.2. The number of benzene rings is 1. The molecule has 0 radical (unpaired) electrons. The van der Waals surface area contributed by atoms with Crippen LogP contribution in [0.5, 0.6) is 0 Å². The van der Waals surface area contributed by atoms with Gasteiger partial charge < -0.3 is 5.73 Å². The number of anilines is 1. The van der Waals surface area contributed by atoms with Crippen molar-refractivity contribution < 1.29 is 26.1 Å². The maximum absolute atomic E-state index is 10.7. The van der Waals surface area contributed by atoms with Crippen LogP contribution in [-0.2, 0) is 10.1 Å². The SMILES string of the molecule is N#Cc1ccc(N)cc1.O=S(=O)(O)C(F)(F)F. The van der Waals surface area contributed by atoms with E-state index in [2.05, 4.69) is 0 Å². The van der Waals surface area contributed by atoms with Crippen LogP contribution in [0, 0.1) is 11.3 Å². The fourth-order valence-corrected chi connectivity index (χ4v) is 0.558. The molecule has 0 aliphatic heterocycles. The van der Waals surface area contributed by atoms with E-state index in [9.17, 15) is 13.2 Å². The molecular weight excluding hydrogens is 261 g/mol. The molecule has 9 heteroatoms. The third-order valence-corrected chi connectivity index (χ3v) is 1.92. The van der Waals surface area contributed by atoms with Gasteiger partial charge in [0.25, 0.3) is 0 Å². The summed E-state index contributed by atoms with van der Waals surface area (Å²) in [6, 6.07) is 8.79. The minimum absolute atomic E-state index is 0.643. The van der Waals surface area contributed by atoms with Gasteiger partial charge in [-0.1, -0.05) is 0 Å². The average molecular weight is 268 g/mol. The van der Waals surface area contributed by atoms with Crippen molar-refractivity contribution in [2.75, 3.05) is 5.73 Å². The van der Waals surface area contributed by atoms with Gasteiger partial charge in [-0.2, -0.15) is 26.9 Å². The summed E-state index contributed by atoms with van der Waals surface area (Å²) >= 11 is 0. The summed E-state index contributed by atoms with van der Waals surface area (Å²) in [5.74, 6) is 0. The van der Waals surface area contributed by atoms with Gasteiger partial charge in [-0.15, -0.1) is 0 Å². The van der Waals surface area contributed by atoms with Crippen LogP contribution >= 0.6 is 0 Å². The highest BCUT2D eigenvalue weighted by Gasteiger charge is 2.44. The molecule has 0 fully saturated rings. The van der Waals surface area contributed by atoms with E-state index in [1.165, 1.54) is 0 Å². The smallest absolute Gasteiger partial charge is 0.399 e. The Kier molecular flexibility index (Phi) is 4.93. The van der Waals surface area contributed by atoms with Gasteiger partial charge in [0.2, 0.25) is 0 Å². The molecule has 1 rings (SSSR count). The van der Waals surface area contributed by atoms with E-state index < -0.39 is 15.6 Å². The summed E-state index contributed by atoms with van der Waals surface area (Å²) < 4.78 is 57.5. The quantitative estimate of drug-likeness (QED) is 0.422. The molecule has 0 bridgehead atoms. The van der Waals surface area contributed by atoms with Crippen LogP contribution < -0.4 is 5.73 Å². The maximum atomic E-state index is 10.7. The number of nitrogen functional groups attached to an aromatic ring is 1. The van der Waals surface area contributed by atoms with Crippen LogP contribution in [0.4, 0.5) is 18.9 Å².